The molecule has 0 aromatic heterocycles. The summed E-state index contributed by atoms with van der Waals surface area (Å²) in [6.45, 7) is 8.88. The first-order valence-electron chi connectivity index (χ1n) is 7.65. The first kappa shape index (κ1) is 15.3. The van der Waals surface area contributed by atoms with E-state index in [0.29, 0.717) is 17.6 Å². The first-order valence-corrected chi connectivity index (χ1v) is 7.65. The molecule has 0 aliphatic heterocycles. The van der Waals surface area contributed by atoms with Gasteiger partial charge in [-0.25, -0.2) is 0 Å². The van der Waals surface area contributed by atoms with E-state index in [9.17, 15) is 10.2 Å². The Morgan fingerprint density at radius 3 is 2.60 bits per heavy atom. The van der Waals surface area contributed by atoms with Crippen LogP contribution in [-0.2, 0) is 0 Å². The zero-order valence-corrected chi connectivity index (χ0v) is 13.0. The van der Waals surface area contributed by atoms with Gasteiger partial charge < -0.3 is 15.5 Å². The number of hydrogen-bond acceptors (Lipinski definition) is 3. The molecule has 3 unspecified atom stereocenters. The Labute approximate surface area is 122 Å². The summed E-state index contributed by atoms with van der Waals surface area (Å²) in [5.74, 6) is 1.34. The molecule has 0 saturated carbocycles. The van der Waals surface area contributed by atoms with Crippen molar-refractivity contribution in [2.75, 3.05) is 6.61 Å². The lowest BCUT2D eigenvalue weighted by atomic mass is 9.97. The van der Waals surface area contributed by atoms with E-state index >= 15 is 0 Å². The van der Waals surface area contributed by atoms with Crippen molar-refractivity contribution in [2.24, 2.45) is 5.92 Å². The molecule has 3 nitrogen and oxygen atoms in total. The molecular formula is C17H27NO2. The summed E-state index contributed by atoms with van der Waals surface area (Å²) in [5.41, 5.74) is 3.63. The molecule has 3 N–H and O–H groups in total. The molecule has 1 aliphatic carbocycles. The SMILES string of the molecule is Cc1ccc(O)c2c1C(C)CC2NC(CCO)C(C)C. The largest absolute Gasteiger partial charge is 0.508 e. The normalized spacial score (nSPS) is 23.1. The quantitative estimate of drug-likeness (QED) is 0.774. The molecule has 3 heteroatoms. The molecule has 0 saturated heterocycles. The number of aliphatic hydroxyl groups excluding tert-OH is 1. The van der Waals surface area contributed by atoms with Gasteiger partial charge in [0.15, 0.2) is 0 Å². The fraction of sp³-hybridized carbons (Fsp3) is 0.647. The molecule has 112 valence electrons. The summed E-state index contributed by atoms with van der Waals surface area (Å²) in [4.78, 5) is 0. The maximum Gasteiger partial charge on any atom is 0.120 e. The summed E-state index contributed by atoms with van der Waals surface area (Å²) in [5, 5.41) is 23.1. The van der Waals surface area contributed by atoms with Gasteiger partial charge in [0.1, 0.15) is 5.75 Å². The third-order valence-corrected chi connectivity index (χ3v) is 4.57. The Morgan fingerprint density at radius 1 is 1.30 bits per heavy atom. The predicted octanol–water partition coefficient (Wildman–Crippen LogP) is 3.25. The Kier molecular flexibility index (Phi) is 4.71. The number of hydrogen-bond donors (Lipinski definition) is 3. The number of nitrogens with one attached hydrogen (secondary N) is 1. The van der Waals surface area contributed by atoms with Gasteiger partial charge in [0, 0.05) is 24.3 Å². The monoisotopic (exact) mass is 277 g/mol. The van der Waals surface area contributed by atoms with Gasteiger partial charge in [-0.2, -0.15) is 0 Å². The minimum absolute atomic E-state index is 0.193. The van der Waals surface area contributed by atoms with E-state index in [1.54, 1.807) is 6.07 Å². The minimum atomic E-state index is 0.193. The second-order valence-electron chi connectivity index (χ2n) is 6.45. The van der Waals surface area contributed by atoms with Crippen molar-refractivity contribution in [3.05, 3.63) is 28.8 Å². The van der Waals surface area contributed by atoms with Crippen LogP contribution in [0, 0.1) is 12.8 Å². The molecule has 0 amide bonds. The second kappa shape index (κ2) is 6.15. The van der Waals surface area contributed by atoms with E-state index in [0.717, 1.165) is 18.4 Å². The van der Waals surface area contributed by atoms with Crippen molar-refractivity contribution in [3.63, 3.8) is 0 Å². The minimum Gasteiger partial charge on any atom is -0.508 e. The first-order chi connectivity index (χ1) is 9.45. The third-order valence-electron chi connectivity index (χ3n) is 4.57. The Bertz CT molecular complexity index is 470. The number of phenolic OH excluding ortho intramolecular Hbond substituents is 1. The zero-order chi connectivity index (χ0) is 14.9. The molecule has 2 rings (SSSR count). The zero-order valence-electron chi connectivity index (χ0n) is 13.0. The number of phenols is 1. The smallest absolute Gasteiger partial charge is 0.120 e. The lowest BCUT2D eigenvalue weighted by Crippen LogP contribution is -2.36. The van der Waals surface area contributed by atoms with Crippen molar-refractivity contribution in [1.82, 2.24) is 5.32 Å². The van der Waals surface area contributed by atoms with E-state index in [1.165, 1.54) is 11.1 Å². The van der Waals surface area contributed by atoms with E-state index in [4.69, 9.17) is 0 Å². The third kappa shape index (κ3) is 2.84. The number of aliphatic hydroxyl groups is 1. The lowest BCUT2D eigenvalue weighted by molar-refractivity contribution is 0.233. The van der Waals surface area contributed by atoms with Gasteiger partial charge in [-0.3, -0.25) is 0 Å². The van der Waals surface area contributed by atoms with Gasteiger partial charge in [-0.15, -0.1) is 0 Å². The topological polar surface area (TPSA) is 52.5 Å². The second-order valence-corrected chi connectivity index (χ2v) is 6.45. The van der Waals surface area contributed by atoms with E-state index in [-0.39, 0.29) is 18.7 Å². The maximum atomic E-state index is 10.2. The van der Waals surface area contributed by atoms with Gasteiger partial charge in [-0.1, -0.05) is 26.8 Å². The van der Waals surface area contributed by atoms with Crippen molar-refractivity contribution >= 4 is 0 Å². The van der Waals surface area contributed by atoms with Crippen LogP contribution in [0.3, 0.4) is 0 Å². The summed E-state index contributed by atoms with van der Waals surface area (Å²) in [6.07, 6.45) is 1.77. The fourth-order valence-electron chi connectivity index (χ4n) is 3.50. The fourth-order valence-corrected chi connectivity index (χ4v) is 3.50. The standard InChI is InChI=1S/C17H27NO2/c1-10(2)13(7-8-19)18-14-9-12(4)16-11(3)5-6-15(20)17(14)16/h5-6,10,12-14,18-20H,7-9H2,1-4H3. The highest BCUT2D eigenvalue weighted by Crippen LogP contribution is 2.46. The van der Waals surface area contributed by atoms with Crippen LogP contribution in [0.1, 0.15) is 62.3 Å². The van der Waals surface area contributed by atoms with Crippen LogP contribution >= 0.6 is 0 Å². The average molecular weight is 277 g/mol. The molecule has 0 bridgehead atoms. The number of fused-ring (bicyclic) bond motifs is 1. The average Bonchev–Trinajstić information content (AvgIpc) is 2.71. The van der Waals surface area contributed by atoms with Crippen LogP contribution in [0.15, 0.2) is 12.1 Å². The van der Waals surface area contributed by atoms with Gasteiger partial charge in [0.25, 0.3) is 0 Å². The van der Waals surface area contributed by atoms with Crippen molar-refractivity contribution in [3.8, 4) is 5.75 Å². The Balaban J connectivity index is 2.27. The summed E-state index contributed by atoms with van der Waals surface area (Å²) in [6, 6.07) is 4.28. The van der Waals surface area contributed by atoms with Crippen LogP contribution in [0.2, 0.25) is 0 Å². The van der Waals surface area contributed by atoms with Crippen LogP contribution in [0.4, 0.5) is 0 Å². The molecule has 1 aromatic rings. The highest BCUT2D eigenvalue weighted by molar-refractivity contribution is 5.50. The Hall–Kier alpha value is -1.06. The molecule has 1 aromatic carbocycles. The molecule has 20 heavy (non-hydrogen) atoms. The summed E-state index contributed by atoms with van der Waals surface area (Å²) < 4.78 is 0. The van der Waals surface area contributed by atoms with Crippen LogP contribution in [-0.4, -0.2) is 22.9 Å². The molecule has 3 atom stereocenters. The molecule has 0 radical (unpaired) electrons. The van der Waals surface area contributed by atoms with Crippen molar-refractivity contribution in [1.29, 1.82) is 0 Å². The van der Waals surface area contributed by atoms with Gasteiger partial charge in [0.05, 0.1) is 0 Å². The number of rotatable bonds is 5. The summed E-state index contributed by atoms with van der Waals surface area (Å²) in [7, 11) is 0. The van der Waals surface area contributed by atoms with Crippen LogP contribution in [0.5, 0.6) is 5.75 Å². The van der Waals surface area contributed by atoms with Gasteiger partial charge in [0.2, 0.25) is 0 Å². The predicted molar refractivity (Wildman–Crippen MR) is 82.1 cm³/mol. The Morgan fingerprint density at radius 2 is 2.00 bits per heavy atom. The van der Waals surface area contributed by atoms with Gasteiger partial charge >= 0.3 is 0 Å². The number of aryl methyl sites for hydroxylation is 1. The van der Waals surface area contributed by atoms with Crippen LogP contribution < -0.4 is 5.32 Å². The van der Waals surface area contributed by atoms with E-state index in [2.05, 4.69) is 33.0 Å². The maximum absolute atomic E-state index is 10.2. The summed E-state index contributed by atoms with van der Waals surface area (Å²) >= 11 is 0. The molecule has 0 fully saturated rings. The highest BCUT2D eigenvalue weighted by atomic mass is 16.3. The molecule has 0 spiro atoms. The van der Waals surface area contributed by atoms with E-state index < -0.39 is 0 Å². The van der Waals surface area contributed by atoms with Crippen molar-refractivity contribution < 1.29 is 10.2 Å². The molecular weight excluding hydrogens is 250 g/mol. The molecule has 0 heterocycles. The number of benzene rings is 1. The van der Waals surface area contributed by atoms with Crippen molar-refractivity contribution in [2.45, 2.75) is 58.5 Å². The van der Waals surface area contributed by atoms with E-state index in [1.807, 2.05) is 6.07 Å². The molecule has 1 aliphatic rings. The van der Waals surface area contributed by atoms with Gasteiger partial charge in [-0.05, 0) is 48.8 Å². The lowest BCUT2D eigenvalue weighted by Gasteiger charge is -2.26. The van der Waals surface area contributed by atoms with Crippen LogP contribution in [0.25, 0.3) is 0 Å². The number of aromatic hydroxyl groups is 1. The highest BCUT2D eigenvalue weighted by Gasteiger charge is 2.33.